The van der Waals surface area contributed by atoms with Crippen molar-refractivity contribution in [1.29, 1.82) is 0 Å². The molecule has 86 valence electrons. The van der Waals surface area contributed by atoms with Crippen LogP contribution in [0.3, 0.4) is 0 Å². The van der Waals surface area contributed by atoms with Crippen LogP contribution in [-0.4, -0.2) is 15.7 Å². The molecule has 0 saturated heterocycles. The molecule has 0 saturated carbocycles. The lowest BCUT2D eigenvalue weighted by molar-refractivity contribution is -0.119. The van der Waals surface area contributed by atoms with Crippen molar-refractivity contribution in [3.63, 3.8) is 0 Å². The fourth-order valence-electron chi connectivity index (χ4n) is 1.11. The van der Waals surface area contributed by atoms with E-state index in [2.05, 4.69) is 10.4 Å². The number of aromatic nitrogens is 2. The molecule has 1 N–H and O–H groups in total. The second kappa shape index (κ2) is 7.04. The summed E-state index contributed by atoms with van der Waals surface area (Å²) in [7, 11) is 0. The second-order valence-corrected chi connectivity index (χ2v) is 3.01. The van der Waals surface area contributed by atoms with Gasteiger partial charge in [0.2, 0.25) is 5.91 Å². The molecule has 0 aliphatic heterocycles. The molecule has 1 amide bonds. The van der Waals surface area contributed by atoms with Gasteiger partial charge in [0.15, 0.2) is 0 Å². The zero-order valence-electron chi connectivity index (χ0n) is 10.3. The van der Waals surface area contributed by atoms with Crippen LogP contribution >= 0.6 is 0 Å². The lowest BCUT2D eigenvalue weighted by Crippen LogP contribution is -2.19. The average Bonchev–Trinajstić information content (AvgIpc) is 2.59. The monoisotopic (exact) mass is 211 g/mol. The Bertz CT molecular complexity index is 305. The Balaban J connectivity index is 0.000000921. The van der Waals surface area contributed by atoms with Crippen molar-refractivity contribution in [1.82, 2.24) is 15.1 Å². The number of amides is 1. The highest BCUT2D eigenvalue weighted by molar-refractivity contribution is 5.72. The maximum atomic E-state index is 10.7. The minimum absolute atomic E-state index is 0.0105. The summed E-state index contributed by atoms with van der Waals surface area (Å²) in [5.74, 6) is -0.0105. The van der Waals surface area contributed by atoms with E-state index in [-0.39, 0.29) is 5.91 Å². The Kier molecular flexibility index (Phi) is 6.42. The van der Waals surface area contributed by atoms with Crippen molar-refractivity contribution in [2.75, 3.05) is 0 Å². The van der Waals surface area contributed by atoms with Crippen molar-refractivity contribution in [2.24, 2.45) is 0 Å². The predicted molar refractivity (Wildman–Crippen MR) is 61.5 cm³/mol. The standard InChI is InChI=1S/C9H15N3O.C2H6/c1-4-12-6-9(7(2)11-12)5-10-8(3)13;1-2/h6H,4-5H2,1-3H3,(H,10,13);1-2H3. The molecule has 4 nitrogen and oxygen atoms in total. The molecule has 0 spiro atoms. The van der Waals surface area contributed by atoms with Gasteiger partial charge in [-0.15, -0.1) is 0 Å². The van der Waals surface area contributed by atoms with Gasteiger partial charge in [-0.2, -0.15) is 5.10 Å². The molecule has 0 radical (unpaired) electrons. The quantitative estimate of drug-likeness (QED) is 0.829. The van der Waals surface area contributed by atoms with E-state index < -0.39 is 0 Å². The van der Waals surface area contributed by atoms with E-state index in [0.29, 0.717) is 6.54 Å². The maximum absolute atomic E-state index is 10.7. The van der Waals surface area contributed by atoms with E-state index >= 15 is 0 Å². The Morgan fingerprint density at radius 2 is 2.13 bits per heavy atom. The number of hydrogen-bond acceptors (Lipinski definition) is 2. The van der Waals surface area contributed by atoms with Crippen LogP contribution < -0.4 is 5.32 Å². The summed E-state index contributed by atoms with van der Waals surface area (Å²) in [4.78, 5) is 10.7. The normalized spacial score (nSPS) is 9.13. The van der Waals surface area contributed by atoms with E-state index in [0.717, 1.165) is 17.8 Å². The molecule has 0 atom stereocenters. The van der Waals surface area contributed by atoms with Crippen molar-refractivity contribution in [2.45, 2.75) is 47.7 Å². The first kappa shape index (κ1) is 13.7. The number of aryl methyl sites for hydroxylation is 2. The largest absolute Gasteiger partial charge is 0.352 e. The summed E-state index contributed by atoms with van der Waals surface area (Å²) in [6, 6.07) is 0. The third-order valence-corrected chi connectivity index (χ3v) is 1.90. The molecule has 0 aliphatic rings. The van der Waals surface area contributed by atoms with E-state index in [1.165, 1.54) is 6.92 Å². The molecule has 1 aromatic heterocycles. The van der Waals surface area contributed by atoms with Gasteiger partial charge >= 0.3 is 0 Å². The van der Waals surface area contributed by atoms with E-state index in [1.807, 2.05) is 38.6 Å². The van der Waals surface area contributed by atoms with Crippen LogP contribution in [0.2, 0.25) is 0 Å². The molecule has 0 unspecified atom stereocenters. The summed E-state index contributed by atoms with van der Waals surface area (Å²) < 4.78 is 1.87. The Morgan fingerprint density at radius 3 is 2.53 bits per heavy atom. The van der Waals surface area contributed by atoms with Crippen LogP contribution in [0.5, 0.6) is 0 Å². The number of carbonyl (C=O) groups is 1. The first-order valence-electron chi connectivity index (χ1n) is 5.41. The van der Waals surface area contributed by atoms with Crippen LogP contribution in [0.1, 0.15) is 39.0 Å². The third kappa shape index (κ3) is 4.63. The van der Waals surface area contributed by atoms with E-state index in [9.17, 15) is 4.79 Å². The van der Waals surface area contributed by atoms with E-state index in [4.69, 9.17) is 0 Å². The molecule has 1 rings (SSSR count). The topological polar surface area (TPSA) is 46.9 Å². The lowest BCUT2D eigenvalue weighted by Gasteiger charge is -1.98. The van der Waals surface area contributed by atoms with Crippen LogP contribution in [0.4, 0.5) is 0 Å². The molecular weight excluding hydrogens is 190 g/mol. The SMILES string of the molecule is CC.CCn1cc(CNC(C)=O)c(C)n1. The summed E-state index contributed by atoms with van der Waals surface area (Å²) in [5.41, 5.74) is 2.06. The number of carbonyl (C=O) groups excluding carboxylic acids is 1. The van der Waals surface area contributed by atoms with Gasteiger partial charge in [-0.05, 0) is 13.8 Å². The minimum Gasteiger partial charge on any atom is -0.352 e. The summed E-state index contributed by atoms with van der Waals surface area (Å²) >= 11 is 0. The average molecular weight is 211 g/mol. The van der Waals surface area contributed by atoms with Gasteiger partial charge in [-0.25, -0.2) is 0 Å². The van der Waals surface area contributed by atoms with Gasteiger partial charge in [0.05, 0.1) is 5.69 Å². The molecule has 4 heteroatoms. The molecule has 0 bridgehead atoms. The van der Waals surface area contributed by atoms with Crippen LogP contribution in [0.25, 0.3) is 0 Å². The van der Waals surface area contributed by atoms with Crippen LogP contribution in [0.15, 0.2) is 6.20 Å². The highest BCUT2D eigenvalue weighted by Crippen LogP contribution is 2.04. The van der Waals surface area contributed by atoms with Gasteiger partial charge in [0.1, 0.15) is 0 Å². The van der Waals surface area contributed by atoms with Gasteiger partial charge in [-0.3, -0.25) is 9.48 Å². The maximum Gasteiger partial charge on any atom is 0.217 e. The summed E-state index contributed by atoms with van der Waals surface area (Å²) in [6.45, 7) is 10.9. The van der Waals surface area contributed by atoms with Crippen LogP contribution in [0, 0.1) is 6.92 Å². The highest BCUT2D eigenvalue weighted by Gasteiger charge is 2.03. The van der Waals surface area contributed by atoms with Crippen molar-refractivity contribution in [3.8, 4) is 0 Å². The summed E-state index contributed by atoms with van der Waals surface area (Å²) in [5, 5.41) is 7.02. The number of hydrogen-bond donors (Lipinski definition) is 1. The van der Waals surface area contributed by atoms with Crippen LogP contribution in [-0.2, 0) is 17.9 Å². The molecule has 1 aromatic rings. The molecule has 1 heterocycles. The van der Waals surface area contributed by atoms with Crippen molar-refractivity contribution < 1.29 is 4.79 Å². The number of nitrogens with one attached hydrogen (secondary N) is 1. The van der Waals surface area contributed by atoms with E-state index in [1.54, 1.807) is 0 Å². The zero-order chi connectivity index (χ0) is 11.8. The van der Waals surface area contributed by atoms with Gasteiger partial charge in [0.25, 0.3) is 0 Å². The molecule has 15 heavy (non-hydrogen) atoms. The molecule has 0 aromatic carbocycles. The Morgan fingerprint density at radius 1 is 1.53 bits per heavy atom. The minimum atomic E-state index is -0.0105. The first-order chi connectivity index (χ1) is 7.13. The first-order valence-corrected chi connectivity index (χ1v) is 5.41. The number of nitrogens with zero attached hydrogens (tertiary/aromatic N) is 2. The predicted octanol–water partition coefficient (Wildman–Crippen LogP) is 1.87. The second-order valence-electron chi connectivity index (χ2n) is 3.01. The fraction of sp³-hybridized carbons (Fsp3) is 0.636. The molecular formula is C11H21N3O. The van der Waals surface area contributed by atoms with Gasteiger partial charge in [-0.1, -0.05) is 13.8 Å². The Hall–Kier alpha value is -1.32. The van der Waals surface area contributed by atoms with Gasteiger partial charge < -0.3 is 5.32 Å². The molecule has 0 aliphatic carbocycles. The summed E-state index contributed by atoms with van der Waals surface area (Å²) in [6.07, 6.45) is 1.96. The van der Waals surface area contributed by atoms with Gasteiger partial charge in [0, 0.05) is 31.8 Å². The molecule has 0 fully saturated rings. The van der Waals surface area contributed by atoms with Crippen molar-refractivity contribution in [3.05, 3.63) is 17.5 Å². The van der Waals surface area contributed by atoms with Crippen molar-refractivity contribution >= 4 is 5.91 Å². The smallest absolute Gasteiger partial charge is 0.217 e. The lowest BCUT2D eigenvalue weighted by atomic mass is 10.2. The third-order valence-electron chi connectivity index (χ3n) is 1.90. The highest BCUT2D eigenvalue weighted by atomic mass is 16.1. The fourth-order valence-corrected chi connectivity index (χ4v) is 1.11. The Labute approximate surface area is 91.7 Å². The number of rotatable bonds is 3. The zero-order valence-corrected chi connectivity index (χ0v) is 10.3.